The zero-order valence-corrected chi connectivity index (χ0v) is 14.4. The largest absolute Gasteiger partial charge is 0.494 e. The van der Waals surface area contributed by atoms with E-state index >= 15 is 0 Å². The molecule has 1 saturated carbocycles. The van der Waals surface area contributed by atoms with Crippen LogP contribution < -0.4 is 4.74 Å². The van der Waals surface area contributed by atoms with Crippen LogP contribution in [0.5, 0.6) is 5.75 Å². The lowest BCUT2D eigenvalue weighted by atomic mass is 9.88. The molecule has 3 rings (SSSR count). The first kappa shape index (κ1) is 16.3. The molecule has 23 heavy (non-hydrogen) atoms. The smallest absolute Gasteiger partial charge is 0.119 e. The van der Waals surface area contributed by atoms with Crippen LogP contribution in [0.1, 0.15) is 63.0 Å². The van der Waals surface area contributed by atoms with Crippen molar-refractivity contribution in [3.05, 3.63) is 41.5 Å². The van der Waals surface area contributed by atoms with Crippen molar-refractivity contribution in [3.63, 3.8) is 0 Å². The molecule has 0 atom stereocenters. The van der Waals surface area contributed by atoms with Crippen LogP contribution in [-0.2, 0) is 6.42 Å². The summed E-state index contributed by atoms with van der Waals surface area (Å²) in [4.78, 5) is 4.75. The molecule has 1 aromatic carbocycles. The lowest BCUT2D eigenvalue weighted by molar-refractivity contribution is 0.309. The molecule has 0 amide bonds. The Morgan fingerprint density at radius 3 is 2.91 bits per heavy atom. The van der Waals surface area contributed by atoms with E-state index in [2.05, 4.69) is 37.3 Å². The summed E-state index contributed by atoms with van der Waals surface area (Å²) in [6.45, 7) is 3.91. The Morgan fingerprint density at radius 1 is 1.22 bits per heavy atom. The van der Waals surface area contributed by atoms with Crippen LogP contribution in [0.25, 0.3) is 0 Å². The summed E-state index contributed by atoms with van der Waals surface area (Å²) in [5, 5.41) is 0. The summed E-state index contributed by atoms with van der Waals surface area (Å²) in [5.74, 6) is 1.77. The Labute approximate surface area is 140 Å². The van der Waals surface area contributed by atoms with E-state index in [0.717, 1.165) is 43.4 Å². The van der Waals surface area contributed by atoms with Crippen LogP contribution in [0.15, 0.2) is 35.3 Å². The topological polar surface area (TPSA) is 21.6 Å². The molecule has 124 valence electrons. The third-order valence-electron chi connectivity index (χ3n) is 4.96. The van der Waals surface area contributed by atoms with E-state index in [1.165, 1.54) is 49.7 Å². The van der Waals surface area contributed by atoms with E-state index in [9.17, 15) is 0 Å². The molecule has 1 fully saturated rings. The second kappa shape index (κ2) is 8.33. The molecule has 0 unspecified atom stereocenters. The van der Waals surface area contributed by atoms with E-state index in [1.807, 2.05) is 0 Å². The van der Waals surface area contributed by atoms with Crippen molar-refractivity contribution >= 4 is 5.71 Å². The van der Waals surface area contributed by atoms with Crippen molar-refractivity contribution in [2.24, 2.45) is 10.9 Å². The lowest BCUT2D eigenvalue weighted by Crippen LogP contribution is -2.12. The minimum Gasteiger partial charge on any atom is -0.494 e. The first-order chi connectivity index (χ1) is 11.4. The molecule has 1 aliphatic heterocycles. The predicted octanol–water partition coefficient (Wildman–Crippen LogP) is 5.35. The minimum atomic E-state index is 0.758. The van der Waals surface area contributed by atoms with Crippen LogP contribution in [0, 0.1) is 5.92 Å². The quantitative estimate of drug-likeness (QED) is 0.649. The summed E-state index contributed by atoms with van der Waals surface area (Å²) in [6.07, 6.45) is 14.9. The van der Waals surface area contributed by atoms with Gasteiger partial charge < -0.3 is 4.74 Å². The number of aliphatic imine (C=N–C) groups is 1. The highest BCUT2D eigenvalue weighted by atomic mass is 16.5. The summed E-state index contributed by atoms with van der Waals surface area (Å²) in [5.41, 5.74) is 3.85. The molecule has 0 bridgehead atoms. The van der Waals surface area contributed by atoms with E-state index in [0.29, 0.717) is 0 Å². The van der Waals surface area contributed by atoms with E-state index in [1.54, 1.807) is 0 Å². The number of hydrogen-bond acceptors (Lipinski definition) is 2. The summed E-state index contributed by atoms with van der Waals surface area (Å²) in [7, 11) is 0. The van der Waals surface area contributed by atoms with Gasteiger partial charge in [0.05, 0.1) is 12.3 Å². The van der Waals surface area contributed by atoms with Crippen molar-refractivity contribution in [1.29, 1.82) is 0 Å². The van der Waals surface area contributed by atoms with Gasteiger partial charge in [0.1, 0.15) is 5.75 Å². The number of nitrogens with zero attached hydrogens (tertiary/aromatic N) is 1. The van der Waals surface area contributed by atoms with Crippen LogP contribution in [0.3, 0.4) is 0 Å². The molecule has 0 radical (unpaired) electrons. The normalized spacial score (nSPS) is 18.7. The number of ether oxygens (including phenoxy) is 1. The lowest BCUT2D eigenvalue weighted by Gasteiger charge is -2.19. The van der Waals surface area contributed by atoms with Gasteiger partial charge in [-0.25, -0.2) is 0 Å². The van der Waals surface area contributed by atoms with Gasteiger partial charge in [-0.3, -0.25) is 4.99 Å². The molecule has 0 saturated heterocycles. The first-order valence-corrected chi connectivity index (χ1v) is 9.35. The van der Waals surface area contributed by atoms with E-state index in [-0.39, 0.29) is 0 Å². The fourth-order valence-corrected chi connectivity index (χ4v) is 3.53. The Bertz CT molecular complexity index is 567. The molecule has 1 aliphatic carbocycles. The summed E-state index contributed by atoms with van der Waals surface area (Å²) >= 11 is 0. The molecule has 2 aliphatic rings. The zero-order chi connectivity index (χ0) is 15.9. The molecule has 2 heteroatoms. The zero-order valence-electron chi connectivity index (χ0n) is 14.4. The highest BCUT2D eigenvalue weighted by Crippen LogP contribution is 2.26. The third kappa shape index (κ3) is 4.46. The molecular formula is C21H29NO. The van der Waals surface area contributed by atoms with Crippen LogP contribution in [0.2, 0.25) is 0 Å². The standard InChI is InChI=1S/C21H29NO/c1-2-3-15-23-19-10-11-20-18(16-19)13-14-22-21(20)12-9-17-7-5-4-6-8-17/h9-12,16-17H,2-8,13-15H2,1H3/b12-9+. The SMILES string of the molecule is CCCCOc1ccc2c(c1)CCN=C2/C=C/C1CCCCC1. The van der Waals surface area contributed by atoms with Crippen LogP contribution in [0.4, 0.5) is 0 Å². The Hall–Kier alpha value is -1.57. The molecule has 0 spiro atoms. The Kier molecular flexibility index (Phi) is 5.90. The second-order valence-corrected chi connectivity index (χ2v) is 6.80. The van der Waals surface area contributed by atoms with Crippen molar-refractivity contribution < 1.29 is 4.74 Å². The summed E-state index contributed by atoms with van der Waals surface area (Å²) in [6, 6.07) is 6.51. The maximum absolute atomic E-state index is 5.84. The average Bonchev–Trinajstić information content (AvgIpc) is 2.61. The number of rotatable bonds is 6. The van der Waals surface area contributed by atoms with Gasteiger partial charge in [0.25, 0.3) is 0 Å². The fraction of sp³-hybridized carbons (Fsp3) is 0.571. The third-order valence-corrected chi connectivity index (χ3v) is 4.96. The number of unbranched alkanes of at least 4 members (excludes halogenated alkanes) is 1. The maximum atomic E-state index is 5.84. The van der Waals surface area contributed by atoms with Crippen molar-refractivity contribution in [2.75, 3.05) is 13.2 Å². The molecule has 0 N–H and O–H groups in total. The second-order valence-electron chi connectivity index (χ2n) is 6.80. The predicted molar refractivity (Wildman–Crippen MR) is 97.7 cm³/mol. The van der Waals surface area contributed by atoms with Crippen molar-refractivity contribution in [2.45, 2.75) is 58.3 Å². The van der Waals surface area contributed by atoms with Gasteiger partial charge >= 0.3 is 0 Å². The highest BCUT2D eigenvalue weighted by Gasteiger charge is 2.15. The Balaban J connectivity index is 1.68. The molecule has 1 aromatic rings. The number of hydrogen-bond donors (Lipinski definition) is 0. The van der Waals surface area contributed by atoms with Gasteiger partial charge in [0.15, 0.2) is 0 Å². The fourth-order valence-electron chi connectivity index (χ4n) is 3.53. The molecule has 2 nitrogen and oxygen atoms in total. The van der Waals surface area contributed by atoms with Gasteiger partial charge in [-0.1, -0.05) is 38.7 Å². The van der Waals surface area contributed by atoms with E-state index < -0.39 is 0 Å². The first-order valence-electron chi connectivity index (χ1n) is 9.35. The van der Waals surface area contributed by atoms with Crippen molar-refractivity contribution in [1.82, 2.24) is 0 Å². The van der Waals surface area contributed by atoms with Crippen LogP contribution >= 0.6 is 0 Å². The Morgan fingerprint density at radius 2 is 2.09 bits per heavy atom. The maximum Gasteiger partial charge on any atom is 0.119 e. The average molecular weight is 311 g/mol. The minimum absolute atomic E-state index is 0.758. The van der Waals surface area contributed by atoms with Gasteiger partial charge in [0, 0.05) is 12.1 Å². The highest BCUT2D eigenvalue weighted by molar-refractivity contribution is 6.10. The van der Waals surface area contributed by atoms with E-state index in [4.69, 9.17) is 9.73 Å². The number of allylic oxidation sites excluding steroid dienone is 2. The summed E-state index contributed by atoms with van der Waals surface area (Å²) < 4.78 is 5.84. The monoisotopic (exact) mass is 311 g/mol. The number of benzene rings is 1. The van der Waals surface area contributed by atoms with Gasteiger partial charge in [-0.15, -0.1) is 0 Å². The van der Waals surface area contributed by atoms with Gasteiger partial charge in [-0.05, 0) is 61.4 Å². The van der Waals surface area contributed by atoms with Crippen LogP contribution in [-0.4, -0.2) is 18.9 Å². The molecule has 0 aromatic heterocycles. The van der Waals surface area contributed by atoms with Gasteiger partial charge in [-0.2, -0.15) is 0 Å². The number of fused-ring (bicyclic) bond motifs is 1. The van der Waals surface area contributed by atoms with Gasteiger partial charge in [0.2, 0.25) is 0 Å². The molecular weight excluding hydrogens is 282 g/mol. The van der Waals surface area contributed by atoms with Crippen molar-refractivity contribution in [3.8, 4) is 5.75 Å². The molecule has 1 heterocycles.